The smallest absolute Gasteiger partial charge is 0.164 e. The van der Waals surface area contributed by atoms with E-state index in [1.807, 2.05) is 0 Å². The van der Waals surface area contributed by atoms with E-state index in [1.165, 1.54) is 0 Å². The van der Waals surface area contributed by atoms with Crippen molar-refractivity contribution in [1.29, 1.82) is 0 Å². The summed E-state index contributed by atoms with van der Waals surface area (Å²) >= 11 is 0. The van der Waals surface area contributed by atoms with Crippen LogP contribution in [-0.4, -0.2) is 87.6 Å². The zero-order chi connectivity index (χ0) is 17.9. The number of ether oxygens (including phenoxy) is 2. The predicted molar refractivity (Wildman–Crippen MR) is 77.0 cm³/mol. The van der Waals surface area contributed by atoms with Crippen LogP contribution < -0.4 is 0 Å². The minimum Gasteiger partial charge on any atom is -0.387 e. The van der Waals surface area contributed by atoms with Gasteiger partial charge in [0.05, 0.1) is 13.2 Å². The SMILES string of the molecule is O=C(CCC(=O)C(O)C(O)C1CO1)CCC(=O)C(O)C(O)C1CO1. The number of aliphatic hydroxyl groups is 4. The van der Waals surface area contributed by atoms with Gasteiger partial charge in [-0.2, -0.15) is 0 Å². The second-order valence-electron chi connectivity index (χ2n) is 6.09. The van der Waals surface area contributed by atoms with E-state index in [4.69, 9.17) is 9.47 Å². The molecule has 0 bridgehead atoms. The first-order valence-electron chi connectivity index (χ1n) is 7.84. The number of hydrogen-bond donors (Lipinski definition) is 4. The van der Waals surface area contributed by atoms with Gasteiger partial charge in [0.25, 0.3) is 0 Å². The highest BCUT2D eigenvalue weighted by Gasteiger charge is 2.40. The first-order chi connectivity index (χ1) is 11.3. The van der Waals surface area contributed by atoms with Crippen molar-refractivity contribution < 1.29 is 44.3 Å². The van der Waals surface area contributed by atoms with Crippen LogP contribution in [0.3, 0.4) is 0 Å². The molecule has 2 heterocycles. The Morgan fingerprint density at radius 2 is 1.08 bits per heavy atom. The molecule has 2 rings (SSSR count). The standard InChI is InChI=1S/C15H22O9/c16-7(1-3-8(17)12(19)14(21)10-5-23-10)2-4-9(18)13(20)15(22)11-6-24-11/h10-15,19-22H,1-6H2. The Labute approximate surface area is 138 Å². The van der Waals surface area contributed by atoms with E-state index in [0.717, 1.165) is 0 Å². The number of epoxide rings is 2. The van der Waals surface area contributed by atoms with Gasteiger partial charge in [-0.05, 0) is 0 Å². The van der Waals surface area contributed by atoms with E-state index in [9.17, 15) is 34.8 Å². The molecule has 6 atom stereocenters. The molecule has 0 aromatic rings. The van der Waals surface area contributed by atoms with Gasteiger partial charge < -0.3 is 29.9 Å². The minimum absolute atomic E-state index is 0.175. The molecule has 0 radical (unpaired) electrons. The predicted octanol–water partition coefficient (Wildman–Crippen LogP) is -2.50. The summed E-state index contributed by atoms with van der Waals surface area (Å²) in [4.78, 5) is 35.0. The van der Waals surface area contributed by atoms with Gasteiger partial charge in [0, 0.05) is 25.7 Å². The van der Waals surface area contributed by atoms with Crippen molar-refractivity contribution in [2.75, 3.05) is 13.2 Å². The number of rotatable bonds is 12. The second-order valence-corrected chi connectivity index (χ2v) is 6.09. The van der Waals surface area contributed by atoms with Crippen LogP contribution in [0.5, 0.6) is 0 Å². The number of Topliss-reactive ketones (excluding diaryl/α,β-unsaturated/α-hetero) is 3. The van der Waals surface area contributed by atoms with Gasteiger partial charge in [0.1, 0.15) is 42.4 Å². The molecule has 9 nitrogen and oxygen atoms in total. The molecular formula is C15H22O9. The van der Waals surface area contributed by atoms with E-state index >= 15 is 0 Å². The fourth-order valence-electron chi connectivity index (χ4n) is 2.24. The van der Waals surface area contributed by atoms with Crippen molar-refractivity contribution in [2.24, 2.45) is 0 Å². The van der Waals surface area contributed by atoms with Crippen molar-refractivity contribution in [3.8, 4) is 0 Å². The lowest BCUT2D eigenvalue weighted by atomic mass is 9.98. The lowest BCUT2D eigenvalue weighted by molar-refractivity contribution is -0.136. The normalized spacial score (nSPS) is 27.0. The lowest BCUT2D eigenvalue weighted by Crippen LogP contribution is -2.38. The monoisotopic (exact) mass is 346 g/mol. The van der Waals surface area contributed by atoms with E-state index < -0.39 is 48.2 Å². The molecule has 0 spiro atoms. The highest BCUT2D eigenvalue weighted by atomic mass is 16.6. The highest BCUT2D eigenvalue weighted by molar-refractivity contribution is 5.91. The van der Waals surface area contributed by atoms with E-state index in [-0.39, 0.29) is 44.7 Å². The Hall–Kier alpha value is -1.23. The Morgan fingerprint density at radius 3 is 1.38 bits per heavy atom. The third-order valence-electron chi connectivity index (χ3n) is 4.09. The van der Waals surface area contributed by atoms with Crippen molar-refractivity contribution in [3.63, 3.8) is 0 Å². The fraction of sp³-hybridized carbons (Fsp3) is 0.800. The molecule has 0 saturated carbocycles. The van der Waals surface area contributed by atoms with Gasteiger partial charge in [-0.3, -0.25) is 14.4 Å². The molecule has 2 fully saturated rings. The minimum atomic E-state index is -1.59. The average molecular weight is 346 g/mol. The quantitative estimate of drug-likeness (QED) is 0.280. The lowest BCUT2D eigenvalue weighted by Gasteiger charge is -2.15. The first-order valence-corrected chi connectivity index (χ1v) is 7.84. The van der Waals surface area contributed by atoms with Crippen molar-refractivity contribution in [3.05, 3.63) is 0 Å². The molecule has 0 aromatic heterocycles. The third-order valence-corrected chi connectivity index (χ3v) is 4.09. The largest absolute Gasteiger partial charge is 0.387 e. The van der Waals surface area contributed by atoms with Crippen LogP contribution in [0.15, 0.2) is 0 Å². The summed E-state index contributed by atoms with van der Waals surface area (Å²) in [6, 6.07) is 0. The van der Waals surface area contributed by atoms with Gasteiger partial charge in [0.15, 0.2) is 11.6 Å². The number of aliphatic hydroxyl groups excluding tert-OH is 4. The molecule has 0 aliphatic carbocycles. The average Bonchev–Trinajstić information content (AvgIpc) is 3.45. The number of carbonyl (C=O) groups is 3. The van der Waals surface area contributed by atoms with Gasteiger partial charge in [0.2, 0.25) is 0 Å². The Kier molecular flexibility index (Phi) is 6.55. The van der Waals surface area contributed by atoms with Crippen LogP contribution in [0.25, 0.3) is 0 Å². The molecule has 6 unspecified atom stereocenters. The second kappa shape index (κ2) is 8.24. The summed E-state index contributed by atoms with van der Waals surface area (Å²) in [6.45, 7) is 0.569. The summed E-state index contributed by atoms with van der Waals surface area (Å²) in [7, 11) is 0. The van der Waals surface area contributed by atoms with Crippen LogP contribution in [0.4, 0.5) is 0 Å². The zero-order valence-corrected chi connectivity index (χ0v) is 13.0. The molecule has 0 amide bonds. The maximum absolute atomic E-state index is 11.7. The number of carbonyl (C=O) groups excluding carboxylic acids is 3. The summed E-state index contributed by atoms with van der Waals surface area (Å²) in [6.07, 6.45) is -7.72. The van der Waals surface area contributed by atoms with Crippen molar-refractivity contribution in [1.82, 2.24) is 0 Å². The van der Waals surface area contributed by atoms with E-state index in [2.05, 4.69) is 0 Å². The Balaban J connectivity index is 1.63. The van der Waals surface area contributed by atoms with Crippen molar-refractivity contribution in [2.45, 2.75) is 62.3 Å². The van der Waals surface area contributed by atoms with Crippen LogP contribution in [0, 0.1) is 0 Å². The van der Waals surface area contributed by atoms with Gasteiger partial charge in [-0.25, -0.2) is 0 Å². The highest BCUT2D eigenvalue weighted by Crippen LogP contribution is 2.19. The summed E-state index contributed by atoms with van der Waals surface area (Å²) in [5, 5.41) is 38.3. The number of hydrogen-bond acceptors (Lipinski definition) is 9. The first kappa shape index (κ1) is 19.1. The van der Waals surface area contributed by atoms with E-state index in [1.54, 1.807) is 0 Å². The van der Waals surface area contributed by atoms with Gasteiger partial charge in [-0.1, -0.05) is 0 Å². The molecule has 2 aliphatic rings. The molecule has 24 heavy (non-hydrogen) atoms. The Bertz CT molecular complexity index is 441. The maximum atomic E-state index is 11.7. The molecule has 0 aromatic carbocycles. The summed E-state index contributed by atoms with van der Waals surface area (Å²) in [5.41, 5.74) is 0. The summed E-state index contributed by atoms with van der Waals surface area (Å²) < 4.78 is 9.55. The topological polar surface area (TPSA) is 157 Å². The molecule has 2 aliphatic heterocycles. The maximum Gasteiger partial charge on any atom is 0.164 e. The molecule has 136 valence electrons. The number of ketones is 3. The summed E-state index contributed by atoms with van der Waals surface area (Å²) in [5.74, 6) is -1.72. The third kappa shape index (κ3) is 5.40. The van der Waals surface area contributed by atoms with E-state index in [0.29, 0.717) is 0 Å². The van der Waals surface area contributed by atoms with Crippen LogP contribution in [-0.2, 0) is 23.9 Å². The van der Waals surface area contributed by atoms with Gasteiger partial charge in [-0.15, -0.1) is 0 Å². The Morgan fingerprint density at radius 1 is 0.750 bits per heavy atom. The van der Waals surface area contributed by atoms with Crippen LogP contribution >= 0.6 is 0 Å². The molecule has 9 heteroatoms. The van der Waals surface area contributed by atoms with Gasteiger partial charge >= 0.3 is 0 Å². The zero-order valence-electron chi connectivity index (χ0n) is 13.0. The molecule has 4 N–H and O–H groups in total. The van der Waals surface area contributed by atoms with Crippen LogP contribution in [0.2, 0.25) is 0 Å². The fourth-order valence-corrected chi connectivity index (χ4v) is 2.24. The van der Waals surface area contributed by atoms with Crippen LogP contribution in [0.1, 0.15) is 25.7 Å². The molecule has 2 saturated heterocycles. The molecular weight excluding hydrogens is 324 g/mol. The van der Waals surface area contributed by atoms with Crippen molar-refractivity contribution >= 4 is 17.3 Å².